The van der Waals surface area contributed by atoms with Gasteiger partial charge in [-0.15, -0.1) is 0 Å². The van der Waals surface area contributed by atoms with Crippen molar-refractivity contribution in [2.45, 2.75) is 33.6 Å². The first-order chi connectivity index (χ1) is 7.48. The highest BCUT2D eigenvalue weighted by atomic mass is 15.1. The Labute approximate surface area is 98.4 Å². The van der Waals surface area contributed by atoms with Gasteiger partial charge in [0, 0.05) is 24.5 Å². The van der Waals surface area contributed by atoms with Gasteiger partial charge in [0.2, 0.25) is 0 Å². The number of rotatable bonds is 1. The summed E-state index contributed by atoms with van der Waals surface area (Å²) in [6, 6.07) is 6.37. The standard InChI is InChI=1S/C14H22N2/c1-11-9-12(5-6-13(11)15)16-8-4-7-14(2,3)10-16/h5-6,9H,4,7-8,10,15H2,1-3H3. The zero-order valence-corrected chi connectivity index (χ0v) is 10.6. The summed E-state index contributed by atoms with van der Waals surface area (Å²) >= 11 is 0. The fraction of sp³-hybridized carbons (Fsp3) is 0.571. The lowest BCUT2D eigenvalue weighted by atomic mass is 9.84. The molecule has 1 aromatic carbocycles. The zero-order chi connectivity index (χ0) is 11.8. The summed E-state index contributed by atoms with van der Waals surface area (Å²) in [5.74, 6) is 0. The Hall–Kier alpha value is -1.18. The lowest BCUT2D eigenvalue weighted by molar-refractivity contribution is 0.293. The Morgan fingerprint density at radius 1 is 1.31 bits per heavy atom. The van der Waals surface area contributed by atoms with Gasteiger partial charge in [-0.25, -0.2) is 0 Å². The first-order valence-electron chi connectivity index (χ1n) is 6.09. The molecule has 0 aromatic heterocycles. The summed E-state index contributed by atoms with van der Waals surface area (Å²) in [4.78, 5) is 2.48. The van der Waals surface area contributed by atoms with E-state index in [4.69, 9.17) is 5.73 Å². The molecule has 2 nitrogen and oxygen atoms in total. The minimum atomic E-state index is 0.438. The Morgan fingerprint density at radius 3 is 2.69 bits per heavy atom. The summed E-state index contributed by atoms with van der Waals surface area (Å²) in [5, 5.41) is 0. The number of nitrogen functional groups attached to an aromatic ring is 1. The van der Waals surface area contributed by atoms with Crippen LogP contribution in [0.5, 0.6) is 0 Å². The zero-order valence-electron chi connectivity index (χ0n) is 10.6. The topological polar surface area (TPSA) is 29.3 Å². The van der Waals surface area contributed by atoms with Crippen LogP contribution in [0.3, 0.4) is 0 Å². The van der Waals surface area contributed by atoms with Crippen molar-refractivity contribution in [1.29, 1.82) is 0 Å². The molecule has 0 spiro atoms. The van der Waals surface area contributed by atoms with Crippen molar-refractivity contribution in [2.24, 2.45) is 5.41 Å². The lowest BCUT2D eigenvalue weighted by Gasteiger charge is -2.39. The van der Waals surface area contributed by atoms with Crippen LogP contribution in [0.25, 0.3) is 0 Å². The average Bonchev–Trinajstić information content (AvgIpc) is 2.20. The van der Waals surface area contributed by atoms with Crippen molar-refractivity contribution in [2.75, 3.05) is 23.7 Å². The summed E-state index contributed by atoms with van der Waals surface area (Å²) in [5.41, 5.74) is 9.68. The van der Waals surface area contributed by atoms with Crippen LogP contribution < -0.4 is 10.6 Å². The summed E-state index contributed by atoms with van der Waals surface area (Å²) < 4.78 is 0. The van der Waals surface area contributed by atoms with Crippen LogP contribution in [0.4, 0.5) is 11.4 Å². The Bertz CT molecular complexity index is 382. The molecule has 0 unspecified atom stereocenters. The van der Waals surface area contributed by atoms with Crippen molar-refractivity contribution in [3.8, 4) is 0 Å². The predicted octanol–water partition coefficient (Wildman–Crippen LogP) is 3.20. The number of piperidine rings is 1. The van der Waals surface area contributed by atoms with Gasteiger partial charge in [-0.1, -0.05) is 13.8 Å². The Morgan fingerprint density at radius 2 is 2.06 bits per heavy atom. The van der Waals surface area contributed by atoms with E-state index in [0.29, 0.717) is 5.41 Å². The van der Waals surface area contributed by atoms with E-state index in [0.717, 1.165) is 12.2 Å². The smallest absolute Gasteiger partial charge is 0.0370 e. The number of nitrogens with two attached hydrogens (primary N) is 1. The molecule has 1 saturated heterocycles. The van der Waals surface area contributed by atoms with Crippen LogP contribution in [0.1, 0.15) is 32.3 Å². The van der Waals surface area contributed by atoms with Crippen LogP contribution >= 0.6 is 0 Å². The van der Waals surface area contributed by atoms with E-state index in [-0.39, 0.29) is 0 Å². The molecule has 2 rings (SSSR count). The van der Waals surface area contributed by atoms with Crippen LogP contribution in [0.2, 0.25) is 0 Å². The molecule has 1 aliphatic heterocycles. The second-order valence-corrected chi connectivity index (χ2v) is 5.73. The SMILES string of the molecule is Cc1cc(N2CCCC(C)(C)C2)ccc1N. The molecule has 1 aliphatic rings. The maximum Gasteiger partial charge on any atom is 0.0370 e. The third-order valence-electron chi connectivity index (χ3n) is 3.52. The highest BCUT2D eigenvalue weighted by Gasteiger charge is 2.26. The van der Waals surface area contributed by atoms with E-state index in [1.165, 1.54) is 30.6 Å². The molecule has 2 heteroatoms. The Balaban J connectivity index is 2.20. The highest BCUT2D eigenvalue weighted by molar-refractivity contribution is 5.58. The van der Waals surface area contributed by atoms with Gasteiger partial charge in [0.25, 0.3) is 0 Å². The second-order valence-electron chi connectivity index (χ2n) is 5.73. The molecule has 0 amide bonds. The molecular formula is C14H22N2. The molecule has 1 fully saturated rings. The molecule has 88 valence electrons. The summed E-state index contributed by atoms with van der Waals surface area (Å²) in [6.07, 6.45) is 2.62. The highest BCUT2D eigenvalue weighted by Crippen LogP contribution is 2.32. The number of benzene rings is 1. The third kappa shape index (κ3) is 2.31. The fourth-order valence-electron chi connectivity index (χ4n) is 2.50. The molecule has 0 radical (unpaired) electrons. The molecule has 2 N–H and O–H groups in total. The van der Waals surface area contributed by atoms with Crippen molar-refractivity contribution in [1.82, 2.24) is 0 Å². The fourth-order valence-corrected chi connectivity index (χ4v) is 2.50. The van der Waals surface area contributed by atoms with Gasteiger partial charge in [0.05, 0.1) is 0 Å². The average molecular weight is 218 g/mol. The molecule has 1 aromatic rings. The predicted molar refractivity (Wildman–Crippen MR) is 70.8 cm³/mol. The molecule has 1 heterocycles. The van der Waals surface area contributed by atoms with E-state index in [1.807, 2.05) is 6.07 Å². The van der Waals surface area contributed by atoms with Gasteiger partial charge in [-0.05, 0) is 48.9 Å². The molecule has 0 aliphatic carbocycles. The van der Waals surface area contributed by atoms with Crippen molar-refractivity contribution in [3.63, 3.8) is 0 Å². The molecule has 0 atom stereocenters. The van der Waals surface area contributed by atoms with E-state index < -0.39 is 0 Å². The number of hydrogen-bond acceptors (Lipinski definition) is 2. The van der Waals surface area contributed by atoms with Crippen LogP contribution in [0, 0.1) is 12.3 Å². The summed E-state index contributed by atoms with van der Waals surface area (Å²) in [6.45, 7) is 9.10. The van der Waals surface area contributed by atoms with E-state index in [9.17, 15) is 0 Å². The molecule has 0 saturated carbocycles. The second kappa shape index (κ2) is 4.00. The maximum atomic E-state index is 5.85. The van der Waals surface area contributed by atoms with Gasteiger partial charge in [0.15, 0.2) is 0 Å². The lowest BCUT2D eigenvalue weighted by Crippen LogP contribution is -2.40. The van der Waals surface area contributed by atoms with E-state index >= 15 is 0 Å². The van der Waals surface area contributed by atoms with Crippen LogP contribution in [0.15, 0.2) is 18.2 Å². The number of hydrogen-bond donors (Lipinski definition) is 1. The van der Waals surface area contributed by atoms with Crippen molar-refractivity contribution in [3.05, 3.63) is 23.8 Å². The number of anilines is 2. The molecule has 16 heavy (non-hydrogen) atoms. The van der Waals surface area contributed by atoms with E-state index in [2.05, 4.69) is 37.8 Å². The van der Waals surface area contributed by atoms with Gasteiger partial charge in [-0.2, -0.15) is 0 Å². The normalized spacial score (nSPS) is 19.8. The largest absolute Gasteiger partial charge is 0.399 e. The minimum Gasteiger partial charge on any atom is -0.399 e. The van der Waals surface area contributed by atoms with Crippen LogP contribution in [-0.4, -0.2) is 13.1 Å². The quantitative estimate of drug-likeness (QED) is 0.733. The van der Waals surface area contributed by atoms with Crippen LogP contribution in [-0.2, 0) is 0 Å². The summed E-state index contributed by atoms with van der Waals surface area (Å²) in [7, 11) is 0. The first-order valence-corrected chi connectivity index (χ1v) is 6.09. The molecule has 0 bridgehead atoms. The Kier molecular flexibility index (Phi) is 2.83. The monoisotopic (exact) mass is 218 g/mol. The third-order valence-corrected chi connectivity index (χ3v) is 3.52. The maximum absolute atomic E-state index is 5.85. The number of nitrogens with zero attached hydrogens (tertiary/aromatic N) is 1. The molecular weight excluding hydrogens is 196 g/mol. The van der Waals surface area contributed by atoms with Gasteiger partial charge >= 0.3 is 0 Å². The van der Waals surface area contributed by atoms with Gasteiger partial charge in [-0.3, -0.25) is 0 Å². The first kappa shape index (κ1) is 11.3. The van der Waals surface area contributed by atoms with Crippen molar-refractivity contribution < 1.29 is 0 Å². The van der Waals surface area contributed by atoms with Crippen molar-refractivity contribution >= 4 is 11.4 Å². The number of aryl methyl sites for hydroxylation is 1. The minimum absolute atomic E-state index is 0.438. The van der Waals surface area contributed by atoms with Gasteiger partial charge < -0.3 is 10.6 Å². The van der Waals surface area contributed by atoms with E-state index in [1.54, 1.807) is 0 Å². The van der Waals surface area contributed by atoms with Gasteiger partial charge in [0.1, 0.15) is 0 Å².